The molecule has 29 heavy (non-hydrogen) atoms. The summed E-state index contributed by atoms with van der Waals surface area (Å²) in [5, 5.41) is 23.9. The maximum absolute atomic E-state index is 9.87. The zero-order valence-corrected chi connectivity index (χ0v) is 16.4. The van der Waals surface area contributed by atoms with Crippen LogP contribution in [0.25, 0.3) is 10.9 Å². The van der Waals surface area contributed by atoms with Crippen molar-refractivity contribution in [3.8, 4) is 11.5 Å². The summed E-state index contributed by atoms with van der Waals surface area (Å²) in [7, 11) is 3.16. The second-order valence-corrected chi connectivity index (χ2v) is 6.55. The summed E-state index contributed by atoms with van der Waals surface area (Å²) in [6.07, 6.45) is 0.411. The maximum Gasteiger partial charge on any atom is 0.161 e. The third-order valence-electron chi connectivity index (χ3n) is 4.86. The van der Waals surface area contributed by atoms with E-state index in [9.17, 15) is 10.2 Å². The fraction of sp³-hybridized carbons (Fsp3) is 0.286. The first kappa shape index (κ1) is 20.8. The molecular weight excluding hydrogens is 372 g/mol. The van der Waals surface area contributed by atoms with Crippen molar-refractivity contribution in [1.82, 2.24) is 4.98 Å². The van der Waals surface area contributed by atoms with Crippen LogP contribution in [-0.4, -0.2) is 36.0 Å². The van der Waals surface area contributed by atoms with Crippen LogP contribution >= 0.6 is 0 Å². The number of nitrogens with zero attached hydrogens (tertiary/aromatic N) is 1. The Hall–Kier alpha value is -2.91. The molecule has 0 bridgehead atoms. The number of nitrogens with two attached hydrogens (primary N) is 2. The van der Waals surface area contributed by atoms with E-state index in [0.29, 0.717) is 40.4 Å². The molecule has 3 rings (SSSR count). The van der Waals surface area contributed by atoms with Gasteiger partial charge in [0.25, 0.3) is 0 Å². The number of aliphatic hydroxyl groups excluding tert-OH is 2. The molecule has 2 aromatic carbocycles. The summed E-state index contributed by atoms with van der Waals surface area (Å²) in [5.74, 6) is 1.22. The van der Waals surface area contributed by atoms with Crippen molar-refractivity contribution >= 4 is 16.6 Å². The first-order valence-electron chi connectivity index (χ1n) is 9.17. The van der Waals surface area contributed by atoms with Gasteiger partial charge in [0.05, 0.1) is 38.1 Å². The maximum atomic E-state index is 9.87. The number of hydrogen-bond acceptors (Lipinski definition) is 8. The van der Waals surface area contributed by atoms with Crippen LogP contribution in [0.2, 0.25) is 0 Å². The summed E-state index contributed by atoms with van der Waals surface area (Å²) >= 11 is 0. The minimum atomic E-state index is -1.16. The van der Waals surface area contributed by atoms with Gasteiger partial charge in [-0.3, -0.25) is 4.98 Å². The van der Waals surface area contributed by atoms with Gasteiger partial charge in [0, 0.05) is 29.3 Å². The molecule has 1 heterocycles. The van der Waals surface area contributed by atoms with Crippen molar-refractivity contribution in [2.24, 2.45) is 11.5 Å². The van der Waals surface area contributed by atoms with E-state index in [1.807, 2.05) is 24.3 Å². The molecule has 2 atom stereocenters. The van der Waals surface area contributed by atoms with E-state index in [2.05, 4.69) is 10.3 Å². The standard InChI is InChI=1S/C21H26N4O4/c1-28-17-7-6-12(8-18(17)29-2)16(9-22)25-19-13(11-26)10-24-20-14(19)4-3-5-15(20)21(23)27/h3-8,10,16,21,26-27H,9,11,22-23H2,1-2H3,(H,24,25). The number of pyridine rings is 1. The van der Waals surface area contributed by atoms with Crippen molar-refractivity contribution < 1.29 is 19.7 Å². The fourth-order valence-corrected chi connectivity index (χ4v) is 3.34. The molecule has 1 aromatic heterocycles. The summed E-state index contributed by atoms with van der Waals surface area (Å²) in [6, 6.07) is 10.7. The smallest absolute Gasteiger partial charge is 0.161 e. The van der Waals surface area contributed by atoms with Crippen LogP contribution in [0, 0.1) is 0 Å². The quantitative estimate of drug-likeness (QED) is 0.363. The number of nitrogens with one attached hydrogen (secondary N) is 1. The van der Waals surface area contributed by atoms with Crippen LogP contribution in [0.3, 0.4) is 0 Å². The van der Waals surface area contributed by atoms with Gasteiger partial charge >= 0.3 is 0 Å². The Bertz CT molecular complexity index is 994. The van der Waals surface area contributed by atoms with Crippen molar-refractivity contribution in [3.63, 3.8) is 0 Å². The molecule has 8 nitrogen and oxygen atoms in total. The van der Waals surface area contributed by atoms with E-state index < -0.39 is 6.23 Å². The molecule has 0 spiro atoms. The Labute approximate surface area is 169 Å². The van der Waals surface area contributed by atoms with Crippen LogP contribution in [0.5, 0.6) is 11.5 Å². The van der Waals surface area contributed by atoms with Crippen molar-refractivity contribution in [3.05, 3.63) is 59.3 Å². The molecule has 0 fully saturated rings. The van der Waals surface area contributed by atoms with Crippen LogP contribution in [-0.2, 0) is 6.61 Å². The Morgan fingerprint density at radius 2 is 1.90 bits per heavy atom. The van der Waals surface area contributed by atoms with Gasteiger partial charge in [-0.25, -0.2) is 0 Å². The highest BCUT2D eigenvalue weighted by Crippen LogP contribution is 2.34. The van der Waals surface area contributed by atoms with E-state index in [4.69, 9.17) is 20.9 Å². The summed E-state index contributed by atoms with van der Waals surface area (Å²) in [4.78, 5) is 4.38. The van der Waals surface area contributed by atoms with Crippen LogP contribution in [0.4, 0.5) is 5.69 Å². The molecule has 0 aliphatic heterocycles. The lowest BCUT2D eigenvalue weighted by atomic mass is 10.0. The van der Waals surface area contributed by atoms with Crippen LogP contribution < -0.4 is 26.3 Å². The first-order chi connectivity index (χ1) is 14.0. The number of methoxy groups -OCH3 is 2. The zero-order valence-electron chi connectivity index (χ0n) is 16.4. The number of benzene rings is 2. The highest BCUT2D eigenvalue weighted by atomic mass is 16.5. The number of para-hydroxylation sites is 1. The summed E-state index contributed by atoms with van der Waals surface area (Å²) in [5.41, 5.74) is 15.0. The first-order valence-corrected chi connectivity index (χ1v) is 9.17. The molecule has 0 aliphatic rings. The average Bonchev–Trinajstić information content (AvgIpc) is 2.76. The molecule has 3 aromatic rings. The number of hydrogen-bond donors (Lipinski definition) is 5. The summed E-state index contributed by atoms with van der Waals surface area (Å²) < 4.78 is 10.7. The largest absolute Gasteiger partial charge is 0.493 e. The lowest BCUT2D eigenvalue weighted by Gasteiger charge is -2.23. The molecule has 0 amide bonds. The van der Waals surface area contributed by atoms with Crippen molar-refractivity contribution in [1.29, 1.82) is 0 Å². The van der Waals surface area contributed by atoms with E-state index >= 15 is 0 Å². The molecule has 154 valence electrons. The Kier molecular flexibility index (Phi) is 6.50. The molecule has 0 aliphatic carbocycles. The topological polar surface area (TPSA) is 136 Å². The number of fused-ring (bicyclic) bond motifs is 1. The monoisotopic (exact) mass is 398 g/mol. The van der Waals surface area contributed by atoms with Gasteiger partial charge in [0.15, 0.2) is 11.5 Å². The molecule has 7 N–H and O–H groups in total. The van der Waals surface area contributed by atoms with E-state index in [1.54, 1.807) is 32.5 Å². The van der Waals surface area contributed by atoms with Crippen LogP contribution in [0.15, 0.2) is 42.6 Å². The lowest BCUT2D eigenvalue weighted by Crippen LogP contribution is -2.22. The number of ether oxygens (including phenoxy) is 2. The van der Waals surface area contributed by atoms with Gasteiger partial charge in [0.2, 0.25) is 0 Å². The summed E-state index contributed by atoms with van der Waals surface area (Å²) in [6.45, 7) is 0.0906. The third kappa shape index (κ3) is 4.10. The second-order valence-electron chi connectivity index (χ2n) is 6.55. The van der Waals surface area contributed by atoms with Gasteiger partial charge in [-0.05, 0) is 17.7 Å². The van der Waals surface area contributed by atoms with E-state index in [1.165, 1.54) is 0 Å². The molecular formula is C21H26N4O4. The van der Waals surface area contributed by atoms with E-state index in [0.717, 1.165) is 10.9 Å². The predicted octanol–water partition coefficient (Wildman–Crippen LogP) is 1.81. The highest BCUT2D eigenvalue weighted by molar-refractivity contribution is 5.95. The molecule has 2 unspecified atom stereocenters. The molecule has 0 radical (unpaired) electrons. The number of anilines is 1. The van der Waals surface area contributed by atoms with E-state index in [-0.39, 0.29) is 12.6 Å². The van der Waals surface area contributed by atoms with Crippen LogP contribution in [0.1, 0.15) is 29.0 Å². The zero-order chi connectivity index (χ0) is 21.0. The Balaban J connectivity index is 2.08. The van der Waals surface area contributed by atoms with Gasteiger partial charge in [-0.15, -0.1) is 0 Å². The van der Waals surface area contributed by atoms with Crippen molar-refractivity contribution in [2.75, 3.05) is 26.1 Å². The van der Waals surface area contributed by atoms with Gasteiger partial charge in [0.1, 0.15) is 6.23 Å². The average molecular weight is 398 g/mol. The minimum absolute atomic E-state index is 0.204. The molecule has 8 heteroatoms. The number of aliphatic hydroxyl groups is 2. The van der Waals surface area contributed by atoms with Crippen molar-refractivity contribution in [2.45, 2.75) is 18.9 Å². The second kappa shape index (κ2) is 9.06. The molecule has 0 saturated carbocycles. The fourth-order valence-electron chi connectivity index (χ4n) is 3.34. The predicted molar refractivity (Wildman–Crippen MR) is 112 cm³/mol. The minimum Gasteiger partial charge on any atom is -0.493 e. The normalized spacial score (nSPS) is 13.2. The number of rotatable bonds is 8. The van der Waals surface area contributed by atoms with Gasteiger partial charge < -0.3 is 36.5 Å². The van der Waals surface area contributed by atoms with Gasteiger partial charge in [-0.2, -0.15) is 0 Å². The Morgan fingerprint density at radius 1 is 1.14 bits per heavy atom. The third-order valence-corrected chi connectivity index (χ3v) is 4.86. The lowest BCUT2D eigenvalue weighted by molar-refractivity contribution is 0.187. The Morgan fingerprint density at radius 3 is 2.52 bits per heavy atom. The van der Waals surface area contributed by atoms with Gasteiger partial charge in [-0.1, -0.05) is 24.3 Å². The number of aromatic nitrogens is 1. The molecule has 0 saturated heterocycles. The SMILES string of the molecule is COc1ccc(C(CN)Nc2c(CO)cnc3c(C(N)O)cccc23)cc1OC. The highest BCUT2D eigenvalue weighted by Gasteiger charge is 2.18.